The van der Waals surface area contributed by atoms with E-state index in [0.29, 0.717) is 0 Å². The normalized spacial score (nSPS) is 11.9. The first-order valence-corrected chi connectivity index (χ1v) is 8.79. The number of hydrogen-bond acceptors (Lipinski definition) is 5. The third kappa shape index (κ3) is 6.32. The standard InChI is InChI=1S/C16H31N3OS/c1-7-13-14(12-17-16(4,5)6)21-15(18-13)19(8-2)10-11-20-9-3/h17H,7-12H2,1-6H3. The van der Waals surface area contributed by atoms with Crippen LogP contribution >= 0.6 is 11.3 Å². The largest absolute Gasteiger partial charge is 0.380 e. The zero-order chi connectivity index (χ0) is 15.9. The number of nitrogens with zero attached hydrogens (tertiary/aromatic N) is 2. The second-order valence-corrected chi connectivity index (χ2v) is 7.16. The Hall–Kier alpha value is -0.650. The highest BCUT2D eigenvalue weighted by Crippen LogP contribution is 2.27. The molecule has 1 rings (SSSR count). The highest BCUT2D eigenvalue weighted by atomic mass is 32.1. The molecule has 0 aliphatic heterocycles. The second-order valence-electron chi connectivity index (χ2n) is 6.10. The van der Waals surface area contributed by atoms with E-state index in [0.717, 1.165) is 44.4 Å². The topological polar surface area (TPSA) is 37.4 Å². The van der Waals surface area contributed by atoms with Crippen LogP contribution in [0.15, 0.2) is 0 Å². The molecule has 0 aliphatic rings. The smallest absolute Gasteiger partial charge is 0.185 e. The molecule has 0 bridgehead atoms. The summed E-state index contributed by atoms with van der Waals surface area (Å²) in [6.07, 6.45) is 0.987. The maximum Gasteiger partial charge on any atom is 0.185 e. The highest BCUT2D eigenvalue weighted by Gasteiger charge is 2.16. The maximum atomic E-state index is 5.47. The summed E-state index contributed by atoms with van der Waals surface area (Å²) in [5, 5.41) is 4.69. The molecular weight excluding hydrogens is 282 g/mol. The van der Waals surface area contributed by atoms with Gasteiger partial charge in [-0.25, -0.2) is 4.98 Å². The van der Waals surface area contributed by atoms with Crippen molar-refractivity contribution in [1.29, 1.82) is 0 Å². The summed E-state index contributed by atoms with van der Waals surface area (Å²) in [7, 11) is 0. The molecule has 1 heterocycles. The Morgan fingerprint density at radius 2 is 1.95 bits per heavy atom. The Morgan fingerprint density at radius 3 is 2.48 bits per heavy atom. The van der Waals surface area contributed by atoms with Crippen molar-refractivity contribution in [3.05, 3.63) is 10.6 Å². The SMILES string of the molecule is CCOCCN(CC)c1nc(CC)c(CNC(C)(C)C)s1. The van der Waals surface area contributed by atoms with Gasteiger partial charge in [0, 0.05) is 36.7 Å². The molecule has 122 valence electrons. The molecule has 1 N–H and O–H groups in total. The van der Waals surface area contributed by atoms with E-state index < -0.39 is 0 Å². The van der Waals surface area contributed by atoms with Gasteiger partial charge in [-0.3, -0.25) is 0 Å². The molecule has 0 amide bonds. The number of anilines is 1. The molecule has 0 atom stereocenters. The fourth-order valence-electron chi connectivity index (χ4n) is 1.97. The molecule has 0 spiro atoms. The second kappa shape index (κ2) is 8.71. The molecule has 0 saturated heterocycles. The van der Waals surface area contributed by atoms with Crippen LogP contribution in [0.2, 0.25) is 0 Å². The molecule has 0 aliphatic carbocycles. The van der Waals surface area contributed by atoms with Gasteiger partial charge in [0.2, 0.25) is 0 Å². The third-order valence-electron chi connectivity index (χ3n) is 3.24. The van der Waals surface area contributed by atoms with E-state index in [9.17, 15) is 0 Å². The average Bonchev–Trinajstić information content (AvgIpc) is 2.84. The Labute approximate surface area is 133 Å². The van der Waals surface area contributed by atoms with Crippen LogP contribution in [0.5, 0.6) is 0 Å². The van der Waals surface area contributed by atoms with Gasteiger partial charge in [0.1, 0.15) is 0 Å². The summed E-state index contributed by atoms with van der Waals surface area (Å²) in [6, 6.07) is 0. The lowest BCUT2D eigenvalue weighted by Crippen LogP contribution is -2.35. The van der Waals surface area contributed by atoms with Gasteiger partial charge in [0.25, 0.3) is 0 Å². The van der Waals surface area contributed by atoms with Crippen LogP contribution < -0.4 is 10.2 Å². The van der Waals surface area contributed by atoms with Crippen molar-refractivity contribution in [1.82, 2.24) is 10.3 Å². The lowest BCUT2D eigenvalue weighted by atomic mass is 10.1. The van der Waals surface area contributed by atoms with Crippen LogP contribution in [-0.2, 0) is 17.7 Å². The van der Waals surface area contributed by atoms with E-state index in [1.165, 1.54) is 10.6 Å². The summed E-state index contributed by atoms with van der Waals surface area (Å²) in [6.45, 7) is 17.3. The van der Waals surface area contributed by atoms with E-state index in [4.69, 9.17) is 9.72 Å². The molecule has 0 unspecified atom stereocenters. The van der Waals surface area contributed by atoms with Crippen LogP contribution in [0.25, 0.3) is 0 Å². The monoisotopic (exact) mass is 313 g/mol. The van der Waals surface area contributed by atoms with Gasteiger partial charge in [-0.15, -0.1) is 11.3 Å². The van der Waals surface area contributed by atoms with Crippen molar-refractivity contribution >= 4 is 16.5 Å². The predicted octanol–water partition coefficient (Wildman–Crippen LogP) is 3.46. The zero-order valence-corrected chi connectivity index (χ0v) is 15.3. The summed E-state index contributed by atoms with van der Waals surface area (Å²) >= 11 is 1.81. The summed E-state index contributed by atoms with van der Waals surface area (Å²) in [4.78, 5) is 8.49. The van der Waals surface area contributed by atoms with Crippen molar-refractivity contribution in [3.63, 3.8) is 0 Å². The van der Waals surface area contributed by atoms with Gasteiger partial charge in [-0.1, -0.05) is 6.92 Å². The minimum absolute atomic E-state index is 0.134. The molecule has 0 saturated carbocycles. The van der Waals surface area contributed by atoms with E-state index in [2.05, 4.69) is 44.8 Å². The molecule has 21 heavy (non-hydrogen) atoms. The Balaban J connectivity index is 2.76. The number of hydrogen-bond donors (Lipinski definition) is 1. The molecule has 4 nitrogen and oxygen atoms in total. The summed E-state index contributed by atoms with van der Waals surface area (Å²) in [5.41, 5.74) is 1.36. The number of ether oxygens (including phenoxy) is 1. The molecule has 0 fully saturated rings. The first-order chi connectivity index (χ1) is 9.91. The van der Waals surface area contributed by atoms with Crippen LogP contribution in [0.4, 0.5) is 5.13 Å². The van der Waals surface area contributed by atoms with E-state index in [-0.39, 0.29) is 5.54 Å². The van der Waals surface area contributed by atoms with Gasteiger partial charge in [-0.05, 0) is 41.0 Å². The fraction of sp³-hybridized carbons (Fsp3) is 0.812. The van der Waals surface area contributed by atoms with Crippen LogP contribution in [0.3, 0.4) is 0 Å². The predicted molar refractivity (Wildman–Crippen MR) is 92.5 cm³/mol. The van der Waals surface area contributed by atoms with Crippen LogP contribution in [-0.4, -0.2) is 36.8 Å². The van der Waals surface area contributed by atoms with E-state index >= 15 is 0 Å². The number of aromatic nitrogens is 1. The fourth-order valence-corrected chi connectivity index (χ4v) is 3.15. The number of nitrogens with one attached hydrogen (secondary N) is 1. The number of thiazole rings is 1. The highest BCUT2D eigenvalue weighted by molar-refractivity contribution is 7.15. The molecular formula is C16H31N3OS. The first kappa shape index (κ1) is 18.4. The molecule has 5 heteroatoms. The Bertz CT molecular complexity index is 412. The van der Waals surface area contributed by atoms with Gasteiger partial charge in [0.05, 0.1) is 12.3 Å². The van der Waals surface area contributed by atoms with Gasteiger partial charge >= 0.3 is 0 Å². The minimum atomic E-state index is 0.134. The van der Waals surface area contributed by atoms with Crippen LogP contribution in [0.1, 0.15) is 52.1 Å². The molecule has 1 aromatic rings. The lowest BCUT2D eigenvalue weighted by Gasteiger charge is -2.20. The average molecular weight is 314 g/mol. The summed E-state index contributed by atoms with van der Waals surface area (Å²) in [5.74, 6) is 0. The van der Waals surface area contributed by atoms with Crippen molar-refractivity contribution in [3.8, 4) is 0 Å². The van der Waals surface area contributed by atoms with Gasteiger partial charge < -0.3 is 15.0 Å². The number of likely N-dealkylation sites (N-methyl/N-ethyl adjacent to an activating group) is 1. The third-order valence-corrected chi connectivity index (χ3v) is 4.40. The molecule has 0 radical (unpaired) electrons. The van der Waals surface area contributed by atoms with E-state index in [1.54, 1.807) is 0 Å². The Morgan fingerprint density at radius 1 is 1.24 bits per heavy atom. The zero-order valence-electron chi connectivity index (χ0n) is 14.5. The number of aryl methyl sites for hydroxylation is 1. The van der Waals surface area contributed by atoms with Gasteiger partial charge in [-0.2, -0.15) is 0 Å². The van der Waals surface area contributed by atoms with Crippen LogP contribution in [0, 0.1) is 0 Å². The number of rotatable bonds is 9. The van der Waals surface area contributed by atoms with Gasteiger partial charge in [0.15, 0.2) is 5.13 Å². The minimum Gasteiger partial charge on any atom is -0.380 e. The van der Waals surface area contributed by atoms with Crippen molar-refractivity contribution in [2.24, 2.45) is 0 Å². The first-order valence-electron chi connectivity index (χ1n) is 7.97. The van der Waals surface area contributed by atoms with E-state index in [1.807, 2.05) is 18.3 Å². The summed E-state index contributed by atoms with van der Waals surface area (Å²) < 4.78 is 5.47. The van der Waals surface area contributed by atoms with Crippen molar-refractivity contribution in [2.75, 3.05) is 31.2 Å². The maximum absolute atomic E-state index is 5.47. The Kier molecular flexibility index (Phi) is 7.63. The van der Waals surface area contributed by atoms with Crippen molar-refractivity contribution < 1.29 is 4.74 Å². The molecule has 0 aromatic carbocycles. The quantitative estimate of drug-likeness (QED) is 0.709. The molecule has 1 aromatic heterocycles. The van der Waals surface area contributed by atoms with Crippen molar-refractivity contribution in [2.45, 2.75) is 60.0 Å². The lowest BCUT2D eigenvalue weighted by molar-refractivity contribution is 0.154.